The van der Waals surface area contributed by atoms with Crippen LogP contribution < -0.4 is 14.8 Å². The summed E-state index contributed by atoms with van der Waals surface area (Å²) in [6.45, 7) is 1.67. The standard InChI is InChI=1S/C12H13N3O3S/c1-8(11(16)14-12-15-13-7-19-12)18-10-5-3-9(17-2)4-6-10/h3-8H,1-2H3,(H,14,15,16). The molecule has 1 aromatic heterocycles. The van der Waals surface area contributed by atoms with Crippen LogP contribution in [0.4, 0.5) is 5.13 Å². The zero-order valence-corrected chi connectivity index (χ0v) is 11.3. The zero-order chi connectivity index (χ0) is 13.7. The number of aromatic nitrogens is 2. The molecule has 1 atom stereocenters. The highest BCUT2D eigenvalue weighted by Gasteiger charge is 2.16. The van der Waals surface area contributed by atoms with Crippen molar-refractivity contribution in [3.8, 4) is 11.5 Å². The number of carbonyl (C=O) groups excluding carboxylic acids is 1. The third kappa shape index (κ3) is 3.65. The van der Waals surface area contributed by atoms with Gasteiger partial charge in [-0.25, -0.2) is 0 Å². The topological polar surface area (TPSA) is 73.3 Å². The lowest BCUT2D eigenvalue weighted by Crippen LogP contribution is -2.30. The Morgan fingerprint density at radius 1 is 1.32 bits per heavy atom. The van der Waals surface area contributed by atoms with Crippen LogP contribution in [0.3, 0.4) is 0 Å². The lowest BCUT2D eigenvalue weighted by molar-refractivity contribution is -0.122. The van der Waals surface area contributed by atoms with E-state index in [9.17, 15) is 4.79 Å². The maximum Gasteiger partial charge on any atom is 0.266 e. The summed E-state index contributed by atoms with van der Waals surface area (Å²) in [5, 5.41) is 10.4. The summed E-state index contributed by atoms with van der Waals surface area (Å²) in [4.78, 5) is 11.8. The van der Waals surface area contributed by atoms with Gasteiger partial charge >= 0.3 is 0 Å². The van der Waals surface area contributed by atoms with Gasteiger partial charge in [0.25, 0.3) is 5.91 Å². The van der Waals surface area contributed by atoms with E-state index < -0.39 is 6.10 Å². The van der Waals surface area contributed by atoms with Crippen LogP contribution in [0.1, 0.15) is 6.92 Å². The molecule has 0 saturated heterocycles. The fourth-order valence-electron chi connectivity index (χ4n) is 1.35. The molecular formula is C12H13N3O3S. The predicted molar refractivity (Wildman–Crippen MR) is 71.6 cm³/mol. The van der Waals surface area contributed by atoms with Gasteiger partial charge in [0.05, 0.1) is 7.11 Å². The number of benzene rings is 1. The molecule has 0 saturated carbocycles. The van der Waals surface area contributed by atoms with Crippen molar-refractivity contribution in [3.05, 3.63) is 29.8 Å². The van der Waals surface area contributed by atoms with Crippen molar-refractivity contribution in [1.29, 1.82) is 0 Å². The summed E-state index contributed by atoms with van der Waals surface area (Å²) in [7, 11) is 1.59. The maximum absolute atomic E-state index is 11.8. The highest BCUT2D eigenvalue weighted by Crippen LogP contribution is 2.18. The second kappa shape index (κ2) is 6.14. The molecule has 7 heteroatoms. The first kappa shape index (κ1) is 13.3. The molecule has 19 heavy (non-hydrogen) atoms. The zero-order valence-electron chi connectivity index (χ0n) is 10.5. The number of hydrogen-bond acceptors (Lipinski definition) is 6. The Labute approximate surface area is 114 Å². The Balaban J connectivity index is 1.92. The molecule has 0 spiro atoms. The summed E-state index contributed by atoms with van der Waals surface area (Å²) >= 11 is 1.25. The van der Waals surface area contributed by atoms with Crippen molar-refractivity contribution in [2.45, 2.75) is 13.0 Å². The minimum atomic E-state index is -0.628. The van der Waals surface area contributed by atoms with E-state index in [-0.39, 0.29) is 5.91 Å². The highest BCUT2D eigenvalue weighted by atomic mass is 32.1. The number of ether oxygens (including phenoxy) is 2. The van der Waals surface area contributed by atoms with Gasteiger partial charge in [-0.1, -0.05) is 11.3 Å². The van der Waals surface area contributed by atoms with Crippen LogP contribution in [0, 0.1) is 0 Å². The Morgan fingerprint density at radius 3 is 2.58 bits per heavy atom. The Hall–Kier alpha value is -2.15. The largest absolute Gasteiger partial charge is 0.497 e. The van der Waals surface area contributed by atoms with E-state index >= 15 is 0 Å². The Kier molecular flexibility index (Phi) is 4.30. The van der Waals surface area contributed by atoms with E-state index in [4.69, 9.17) is 9.47 Å². The smallest absolute Gasteiger partial charge is 0.266 e. The van der Waals surface area contributed by atoms with Crippen molar-refractivity contribution < 1.29 is 14.3 Å². The third-order valence-corrected chi connectivity index (χ3v) is 2.94. The molecular weight excluding hydrogens is 266 g/mol. The predicted octanol–water partition coefficient (Wildman–Crippen LogP) is 1.95. The number of nitrogens with zero attached hydrogens (tertiary/aromatic N) is 2. The van der Waals surface area contributed by atoms with Crippen molar-refractivity contribution >= 4 is 22.4 Å². The van der Waals surface area contributed by atoms with E-state index in [1.54, 1.807) is 43.8 Å². The van der Waals surface area contributed by atoms with E-state index in [0.29, 0.717) is 10.9 Å². The van der Waals surface area contributed by atoms with Gasteiger partial charge in [-0.15, -0.1) is 10.2 Å². The second-order valence-electron chi connectivity index (χ2n) is 3.67. The van der Waals surface area contributed by atoms with Crippen molar-refractivity contribution in [2.24, 2.45) is 0 Å². The molecule has 0 fully saturated rings. The molecule has 0 aliphatic heterocycles. The number of anilines is 1. The summed E-state index contributed by atoms with van der Waals surface area (Å²) in [5.41, 5.74) is 1.55. The average Bonchev–Trinajstić information content (AvgIpc) is 2.92. The first-order chi connectivity index (χ1) is 9.19. The van der Waals surface area contributed by atoms with Gasteiger partial charge in [0.1, 0.15) is 17.0 Å². The molecule has 1 heterocycles. The summed E-state index contributed by atoms with van der Waals surface area (Å²) in [6.07, 6.45) is -0.628. The van der Waals surface area contributed by atoms with Gasteiger partial charge in [0.2, 0.25) is 5.13 Å². The van der Waals surface area contributed by atoms with E-state index in [2.05, 4.69) is 15.5 Å². The number of carbonyl (C=O) groups is 1. The minimum Gasteiger partial charge on any atom is -0.497 e. The Morgan fingerprint density at radius 2 is 2.00 bits per heavy atom. The third-order valence-electron chi connectivity index (χ3n) is 2.33. The normalized spacial score (nSPS) is 11.7. The van der Waals surface area contributed by atoms with Crippen LogP contribution in [0.5, 0.6) is 11.5 Å². The monoisotopic (exact) mass is 279 g/mol. The van der Waals surface area contributed by atoms with Gasteiger partial charge in [0, 0.05) is 0 Å². The summed E-state index contributed by atoms with van der Waals surface area (Å²) in [5.74, 6) is 1.06. The number of hydrogen-bond donors (Lipinski definition) is 1. The molecule has 0 bridgehead atoms. The lowest BCUT2D eigenvalue weighted by Gasteiger charge is -2.13. The van der Waals surface area contributed by atoms with Crippen molar-refractivity contribution in [1.82, 2.24) is 10.2 Å². The van der Waals surface area contributed by atoms with Crippen LogP contribution in [0.15, 0.2) is 29.8 Å². The lowest BCUT2D eigenvalue weighted by atomic mass is 10.3. The van der Waals surface area contributed by atoms with Gasteiger partial charge in [-0.2, -0.15) is 0 Å². The molecule has 100 valence electrons. The quantitative estimate of drug-likeness (QED) is 0.905. The molecule has 0 aliphatic rings. The summed E-state index contributed by atoms with van der Waals surface area (Å²) < 4.78 is 10.6. The number of methoxy groups -OCH3 is 1. The molecule has 6 nitrogen and oxygen atoms in total. The highest BCUT2D eigenvalue weighted by molar-refractivity contribution is 7.13. The molecule has 0 radical (unpaired) electrons. The molecule has 2 rings (SSSR count). The van der Waals surface area contributed by atoms with Crippen LogP contribution in [-0.2, 0) is 4.79 Å². The van der Waals surface area contributed by atoms with Gasteiger partial charge < -0.3 is 9.47 Å². The van der Waals surface area contributed by atoms with Crippen LogP contribution in [0.2, 0.25) is 0 Å². The second-order valence-corrected chi connectivity index (χ2v) is 4.50. The fourth-order valence-corrected chi connectivity index (χ4v) is 1.79. The van der Waals surface area contributed by atoms with E-state index in [1.165, 1.54) is 11.3 Å². The van der Waals surface area contributed by atoms with E-state index in [1.807, 2.05) is 0 Å². The SMILES string of the molecule is COc1ccc(OC(C)C(=O)Nc2nncs2)cc1. The Bertz CT molecular complexity index is 528. The van der Waals surface area contributed by atoms with Gasteiger partial charge in [-0.3, -0.25) is 10.1 Å². The first-order valence-corrected chi connectivity index (χ1v) is 6.45. The van der Waals surface area contributed by atoms with Gasteiger partial charge in [-0.05, 0) is 31.2 Å². The fraction of sp³-hybridized carbons (Fsp3) is 0.250. The molecule has 1 aromatic carbocycles. The molecule has 0 aliphatic carbocycles. The number of rotatable bonds is 5. The number of amides is 1. The molecule has 1 amide bonds. The first-order valence-electron chi connectivity index (χ1n) is 5.57. The van der Waals surface area contributed by atoms with Crippen LogP contribution >= 0.6 is 11.3 Å². The molecule has 1 N–H and O–H groups in total. The number of nitrogens with one attached hydrogen (secondary N) is 1. The van der Waals surface area contributed by atoms with Crippen molar-refractivity contribution in [2.75, 3.05) is 12.4 Å². The molecule has 1 unspecified atom stereocenters. The maximum atomic E-state index is 11.8. The van der Waals surface area contributed by atoms with Crippen LogP contribution in [0.25, 0.3) is 0 Å². The minimum absolute atomic E-state index is 0.271. The van der Waals surface area contributed by atoms with Gasteiger partial charge in [0.15, 0.2) is 6.10 Å². The van der Waals surface area contributed by atoms with Crippen LogP contribution in [-0.4, -0.2) is 29.3 Å². The van der Waals surface area contributed by atoms with Crippen molar-refractivity contribution in [3.63, 3.8) is 0 Å². The van der Waals surface area contributed by atoms with E-state index in [0.717, 1.165) is 5.75 Å². The molecule has 2 aromatic rings. The summed E-state index contributed by atoms with van der Waals surface area (Å²) in [6, 6.07) is 7.02. The average molecular weight is 279 g/mol.